The molecule has 6 N–H and O–H groups in total. The van der Waals surface area contributed by atoms with Gasteiger partial charge in [-0.25, -0.2) is 0 Å². The Kier molecular flexibility index (Phi) is 50.4. The van der Waals surface area contributed by atoms with Crippen molar-refractivity contribution >= 4 is 5.91 Å². The molecule has 0 aliphatic carbocycles. The van der Waals surface area contributed by atoms with Crippen molar-refractivity contribution in [2.24, 2.45) is 0 Å². The molecule has 0 spiro atoms. The van der Waals surface area contributed by atoms with E-state index in [9.17, 15) is 30.3 Å². The highest BCUT2D eigenvalue weighted by atomic mass is 16.7. The van der Waals surface area contributed by atoms with Gasteiger partial charge in [0, 0.05) is 6.42 Å². The van der Waals surface area contributed by atoms with Crippen LogP contribution in [0.1, 0.15) is 264 Å². The summed E-state index contributed by atoms with van der Waals surface area (Å²) in [4.78, 5) is 13.0. The number of ether oxygens (including phenoxy) is 2. The number of allylic oxidation sites excluding steroid dienone is 13. The van der Waals surface area contributed by atoms with Gasteiger partial charge in [0.1, 0.15) is 24.4 Å². The first-order valence-electron chi connectivity index (χ1n) is 30.8. The predicted octanol–water partition coefficient (Wildman–Crippen LogP) is 15.8. The first kappa shape index (κ1) is 69.4. The number of hydrogen-bond acceptors (Lipinski definition) is 8. The molecule has 0 aromatic carbocycles. The smallest absolute Gasteiger partial charge is 0.220 e. The zero-order valence-corrected chi connectivity index (χ0v) is 47.6. The Bertz CT molecular complexity index is 1440. The standard InChI is InChI=1S/C65H115NO8/c1-3-5-7-9-11-13-15-17-19-20-21-22-23-24-25-26-27-28-29-30-31-32-33-34-35-36-37-38-39-40-41-43-45-47-49-51-53-55-61(69)66-58(57-73-65-64(72)63(71)62(70)60(56-67)74-65)59(68)54-52-50-48-46-44-42-18-16-14-12-10-8-6-4-2/h5,7,11,13-14,16-17,19,21-22,44,46,52,54,58-60,62-65,67-68,70-72H,3-4,6,8-10,12,15,18,20,23-43,45,47-51,53,55-57H2,1-2H3,(H,66,69)/b7-5-,13-11-,16-14+,19-17-,22-21-,46-44+,54-52+. The fourth-order valence-electron chi connectivity index (χ4n) is 9.36. The van der Waals surface area contributed by atoms with Crippen molar-refractivity contribution in [1.82, 2.24) is 5.32 Å². The summed E-state index contributed by atoms with van der Waals surface area (Å²) in [6, 6.07) is -0.829. The van der Waals surface area contributed by atoms with Gasteiger partial charge in [-0.05, 0) is 83.5 Å². The maximum Gasteiger partial charge on any atom is 0.220 e. The van der Waals surface area contributed by atoms with Gasteiger partial charge in [0.15, 0.2) is 6.29 Å². The van der Waals surface area contributed by atoms with E-state index in [0.29, 0.717) is 6.42 Å². The van der Waals surface area contributed by atoms with Gasteiger partial charge in [0.25, 0.3) is 0 Å². The lowest BCUT2D eigenvalue weighted by Gasteiger charge is -2.40. The first-order chi connectivity index (χ1) is 36.3. The highest BCUT2D eigenvalue weighted by Gasteiger charge is 2.44. The minimum atomic E-state index is -1.58. The van der Waals surface area contributed by atoms with Crippen molar-refractivity contribution in [3.8, 4) is 0 Å². The largest absolute Gasteiger partial charge is 0.394 e. The summed E-state index contributed by atoms with van der Waals surface area (Å²) in [6.07, 6.45) is 69.7. The third-order valence-corrected chi connectivity index (χ3v) is 14.2. The first-order valence-corrected chi connectivity index (χ1v) is 30.8. The molecule has 7 unspecified atom stereocenters. The van der Waals surface area contributed by atoms with Gasteiger partial charge in [0.05, 0.1) is 25.4 Å². The third kappa shape index (κ3) is 42.5. The van der Waals surface area contributed by atoms with Crippen LogP contribution in [0.4, 0.5) is 0 Å². The number of amides is 1. The molecule has 428 valence electrons. The fourth-order valence-corrected chi connectivity index (χ4v) is 9.36. The molecule has 7 atom stereocenters. The summed E-state index contributed by atoms with van der Waals surface area (Å²) >= 11 is 0. The average Bonchev–Trinajstić information content (AvgIpc) is 3.40. The van der Waals surface area contributed by atoms with E-state index in [1.807, 2.05) is 6.08 Å². The van der Waals surface area contributed by atoms with Gasteiger partial charge >= 0.3 is 0 Å². The van der Waals surface area contributed by atoms with Crippen LogP contribution in [0.3, 0.4) is 0 Å². The molecule has 74 heavy (non-hydrogen) atoms. The van der Waals surface area contributed by atoms with Gasteiger partial charge in [-0.1, -0.05) is 259 Å². The molecule has 9 nitrogen and oxygen atoms in total. The van der Waals surface area contributed by atoms with Crippen molar-refractivity contribution in [3.05, 3.63) is 85.1 Å². The molecule has 1 heterocycles. The normalized spacial score (nSPS) is 19.6. The number of rotatable bonds is 52. The molecule has 0 aromatic heterocycles. The van der Waals surface area contributed by atoms with Crippen LogP contribution < -0.4 is 5.32 Å². The topological polar surface area (TPSA) is 149 Å². The zero-order chi connectivity index (χ0) is 53.6. The van der Waals surface area contributed by atoms with Gasteiger partial charge in [-0.3, -0.25) is 4.79 Å². The second-order valence-electron chi connectivity index (χ2n) is 21.1. The van der Waals surface area contributed by atoms with E-state index in [-0.39, 0.29) is 12.5 Å². The Hall–Kier alpha value is -2.63. The molecule has 0 radical (unpaired) electrons. The van der Waals surface area contributed by atoms with Gasteiger partial charge < -0.3 is 40.3 Å². The molecule has 1 rings (SSSR count). The van der Waals surface area contributed by atoms with E-state index in [1.54, 1.807) is 6.08 Å². The van der Waals surface area contributed by atoms with Crippen LogP contribution in [0.25, 0.3) is 0 Å². The van der Waals surface area contributed by atoms with Gasteiger partial charge in [-0.2, -0.15) is 0 Å². The summed E-state index contributed by atoms with van der Waals surface area (Å²) < 4.78 is 11.2. The summed E-state index contributed by atoms with van der Waals surface area (Å²) in [7, 11) is 0. The second kappa shape index (κ2) is 53.8. The monoisotopic (exact) mass is 1040 g/mol. The number of carbonyl (C=O) groups excluding carboxylic acids is 1. The number of carbonyl (C=O) groups is 1. The molecule has 1 amide bonds. The van der Waals surface area contributed by atoms with E-state index in [4.69, 9.17) is 9.47 Å². The van der Waals surface area contributed by atoms with Crippen LogP contribution in [-0.2, 0) is 14.3 Å². The zero-order valence-electron chi connectivity index (χ0n) is 47.6. The lowest BCUT2D eigenvalue weighted by Crippen LogP contribution is -2.60. The minimum Gasteiger partial charge on any atom is -0.394 e. The summed E-state index contributed by atoms with van der Waals surface area (Å²) in [5, 5.41) is 54.4. The minimum absolute atomic E-state index is 0.190. The Morgan fingerprint density at radius 2 is 0.851 bits per heavy atom. The van der Waals surface area contributed by atoms with E-state index < -0.39 is 49.5 Å². The van der Waals surface area contributed by atoms with E-state index in [2.05, 4.69) is 92.1 Å². The van der Waals surface area contributed by atoms with Crippen LogP contribution in [-0.4, -0.2) is 87.5 Å². The summed E-state index contributed by atoms with van der Waals surface area (Å²) in [5.41, 5.74) is 0. The number of aliphatic hydroxyl groups is 5. The Morgan fingerprint density at radius 3 is 1.30 bits per heavy atom. The lowest BCUT2D eigenvalue weighted by molar-refractivity contribution is -0.302. The van der Waals surface area contributed by atoms with Crippen LogP contribution in [0.5, 0.6) is 0 Å². The van der Waals surface area contributed by atoms with Crippen molar-refractivity contribution in [2.75, 3.05) is 13.2 Å². The number of unbranched alkanes of at least 4 members (excludes halogenated alkanes) is 30. The number of hydrogen-bond donors (Lipinski definition) is 6. The summed E-state index contributed by atoms with van der Waals surface area (Å²) in [5.74, 6) is -0.190. The van der Waals surface area contributed by atoms with Crippen LogP contribution in [0.2, 0.25) is 0 Å². The molecule has 0 bridgehead atoms. The third-order valence-electron chi connectivity index (χ3n) is 14.2. The van der Waals surface area contributed by atoms with Crippen molar-refractivity contribution < 1.29 is 39.8 Å². The molecule has 1 aliphatic heterocycles. The molecule has 1 aliphatic rings. The highest BCUT2D eigenvalue weighted by molar-refractivity contribution is 5.76. The van der Waals surface area contributed by atoms with Gasteiger partial charge in [-0.15, -0.1) is 0 Å². The molecular formula is C65H115NO8. The SMILES string of the molecule is CC/C=C\C/C=C\C/C=C\C/C=C\CCCCCCCCCCCCCCCCCCCCCCCCCCC(=O)NC(COC1OC(CO)C(O)C(O)C1O)C(O)/C=C/CC/C=C/CC/C=C/CCCCCC. The molecule has 0 aromatic rings. The number of nitrogens with one attached hydrogen (secondary N) is 1. The van der Waals surface area contributed by atoms with E-state index >= 15 is 0 Å². The second-order valence-corrected chi connectivity index (χ2v) is 21.1. The Labute approximate surface area is 454 Å². The van der Waals surface area contributed by atoms with Gasteiger partial charge in [0.2, 0.25) is 5.91 Å². The maximum absolute atomic E-state index is 13.0. The molecule has 9 heteroatoms. The maximum atomic E-state index is 13.0. The molecule has 1 saturated heterocycles. The number of aliphatic hydroxyl groups excluding tert-OH is 5. The Balaban J connectivity index is 2.08. The molecular weight excluding hydrogens is 923 g/mol. The average molecular weight is 1040 g/mol. The highest BCUT2D eigenvalue weighted by Crippen LogP contribution is 2.23. The van der Waals surface area contributed by atoms with E-state index in [1.165, 1.54) is 167 Å². The predicted molar refractivity (Wildman–Crippen MR) is 313 cm³/mol. The fraction of sp³-hybridized carbons (Fsp3) is 0.769. The molecule has 0 saturated carbocycles. The van der Waals surface area contributed by atoms with Crippen LogP contribution in [0.15, 0.2) is 85.1 Å². The van der Waals surface area contributed by atoms with Crippen molar-refractivity contribution in [1.29, 1.82) is 0 Å². The quantitative estimate of drug-likeness (QED) is 0.0261. The lowest BCUT2D eigenvalue weighted by atomic mass is 9.99. The van der Waals surface area contributed by atoms with E-state index in [0.717, 1.165) is 77.0 Å². The summed E-state index contributed by atoms with van der Waals surface area (Å²) in [6.45, 7) is 3.63. The van der Waals surface area contributed by atoms with Crippen molar-refractivity contribution in [2.45, 2.75) is 307 Å². The Morgan fingerprint density at radius 1 is 0.473 bits per heavy atom. The van der Waals surface area contributed by atoms with Crippen LogP contribution in [0, 0.1) is 0 Å². The molecule has 1 fully saturated rings. The van der Waals surface area contributed by atoms with Crippen LogP contribution >= 0.6 is 0 Å². The van der Waals surface area contributed by atoms with Crippen molar-refractivity contribution in [3.63, 3.8) is 0 Å².